The van der Waals surface area contributed by atoms with Gasteiger partial charge >= 0.3 is 0 Å². The zero-order valence-corrected chi connectivity index (χ0v) is 27.0. The lowest BCUT2D eigenvalue weighted by Crippen LogP contribution is -2.58. The first-order chi connectivity index (χ1) is 20.6. The molecular weight excluding hydrogens is 535 g/mol. The molecule has 1 aromatic carbocycles. The van der Waals surface area contributed by atoms with E-state index in [9.17, 15) is 9.18 Å². The highest BCUT2D eigenvalue weighted by atomic mass is 19.1. The summed E-state index contributed by atoms with van der Waals surface area (Å²) in [6.07, 6.45) is 13.5. The largest absolute Gasteiger partial charge is 0.318 e. The van der Waals surface area contributed by atoms with Crippen LogP contribution in [-0.2, 0) is 16.8 Å². The third-order valence-corrected chi connectivity index (χ3v) is 13.4. The van der Waals surface area contributed by atoms with Crippen LogP contribution in [0.25, 0.3) is 11.4 Å². The van der Waals surface area contributed by atoms with Crippen LogP contribution in [-0.4, -0.2) is 34.1 Å². The van der Waals surface area contributed by atoms with Gasteiger partial charge in [-0.2, -0.15) is 0 Å². The van der Waals surface area contributed by atoms with Crippen molar-refractivity contribution in [1.82, 2.24) is 20.1 Å². The Bertz CT molecular complexity index is 1430. The van der Waals surface area contributed by atoms with Crippen molar-refractivity contribution < 1.29 is 9.18 Å². The van der Waals surface area contributed by atoms with Crippen molar-refractivity contribution in [3.05, 3.63) is 47.1 Å². The minimum Gasteiger partial charge on any atom is -0.318 e. The first-order valence-electron chi connectivity index (χ1n) is 17.3. The normalized spacial score (nSPS) is 37.2. The molecule has 6 heteroatoms. The number of rotatable bonds is 6. The van der Waals surface area contributed by atoms with Crippen LogP contribution in [0.1, 0.15) is 104 Å². The van der Waals surface area contributed by atoms with Gasteiger partial charge < -0.3 is 9.88 Å². The minimum atomic E-state index is -0.397. The van der Waals surface area contributed by atoms with Gasteiger partial charge in [0.05, 0.1) is 5.41 Å². The SMILES string of the molecule is CNCCn1c(-c2ccc(F)cc2)nnc1C12CCC3C(CCC4C5(C)CCCCC5CCC34C)C1=C(C(C)C)C(=O)C2. The van der Waals surface area contributed by atoms with Crippen LogP contribution in [0.2, 0.25) is 0 Å². The molecule has 0 aliphatic heterocycles. The highest BCUT2D eigenvalue weighted by Crippen LogP contribution is 2.71. The van der Waals surface area contributed by atoms with Crippen LogP contribution in [0.3, 0.4) is 0 Å². The second-order valence-corrected chi connectivity index (χ2v) is 15.6. The number of Topliss-reactive ketones (excluding diaryl/α,β-unsaturated/α-hetero) is 1. The molecule has 0 radical (unpaired) electrons. The van der Waals surface area contributed by atoms with Gasteiger partial charge in [0.25, 0.3) is 0 Å². The van der Waals surface area contributed by atoms with E-state index in [4.69, 9.17) is 10.2 Å². The molecule has 0 bridgehead atoms. The number of nitrogens with one attached hydrogen (secondary N) is 1. The molecule has 232 valence electrons. The molecular formula is C37H51FN4O. The predicted octanol–water partition coefficient (Wildman–Crippen LogP) is 7.90. The smallest absolute Gasteiger partial charge is 0.164 e. The molecule has 1 aromatic heterocycles. The summed E-state index contributed by atoms with van der Waals surface area (Å²) in [5.74, 6) is 4.74. The topological polar surface area (TPSA) is 59.8 Å². The van der Waals surface area contributed by atoms with E-state index >= 15 is 0 Å². The standard InChI is InChI=1S/C37H51FN4O/c1-23(2)31-29(43)22-37(34-41-40-33(42(34)21-20-39-5)24-9-11-26(38)12-10-24)19-16-28-27(32(31)37)13-14-30-35(3)17-7-6-8-25(35)15-18-36(28,30)4/h9-12,23,25,27-28,30,39H,6-8,13-22H2,1-5H3. The van der Waals surface area contributed by atoms with Crippen LogP contribution in [0.4, 0.5) is 4.39 Å². The molecule has 4 fully saturated rings. The number of aromatic nitrogens is 3. The van der Waals surface area contributed by atoms with Gasteiger partial charge in [-0.25, -0.2) is 4.39 Å². The Hall–Kier alpha value is -2.34. The van der Waals surface area contributed by atoms with Gasteiger partial charge in [-0.1, -0.05) is 40.5 Å². The number of hydrogen-bond acceptors (Lipinski definition) is 4. The molecule has 0 spiro atoms. The number of likely N-dealkylation sites (N-methyl/N-ethyl adjacent to an activating group) is 1. The fourth-order valence-corrected chi connectivity index (χ4v) is 11.7. The quantitative estimate of drug-likeness (QED) is 0.374. The van der Waals surface area contributed by atoms with Crippen molar-refractivity contribution in [3.63, 3.8) is 0 Å². The van der Waals surface area contributed by atoms with Crippen molar-refractivity contribution in [2.75, 3.05) is 13.6 Å². The number of allylic oxidation sites excluding steroid dienone is 2. The molecule has 5 aliphatic carbocycles. The molecule has 2 aromatic rings. The third-order valence-electron chi connectivity index (χ3n) is 13.4. The second-order valence-electron chi connectivity index (χ2n) is 15.6. The molecule has 4 saturated carbocycles. The number of nitrogens with zero attached hydrogens (tertiary/aromatic N) is 3. The van der Waals surface area contributed by atoms with Crippen molar-refractivity contribution in [2.45, 2.75) is 110 Å². The summed E-state index contributed by atoms with van der Waals surface area (Å²) in [6.45, 7) is 11.2. The maximum absolute atomic E-state index is 14.1. The number of hydrogen-bond donors (Lipinski definition) is 1. The Morgan fingerprint density at radius 3 is 2.51 bits per heavy atom. The van der Waals surface area contributed by atoms with Crippen LogP contribution in [0, 0.1) is 46.2 Å². The lowest BCUT2D eigenvalue weighted by molar-refractivity contribution is -0.148. The number of fused-ring (bicyclic) bond motifs is 7. The lowest BCUT2D eigenvalue weighted by atomic mass is 9.39. The number of benzene rings is 1. The third kappa shape index (κ3) is 4.28. The minimum absolute atomic E-state index is 0.200. The zero-order chi connectivity index (χ0) is 30.1. The fraction of sp³-hybridized carbons (Fsp3) is 0.703. The molecule has 7 atom stereocenters. The number of halogens is 1. The van der Waals surface area contributed by atoms with Gasteiger partial charge in [0.1, 0.15) is 11.6 Å². The lowest BCUT2D eigenvalue weighted by Gasteiger charge is -2.66. The number of carbonyl (C=O) groups is 1. The van der Waals surface area contributed by atoms with Crippen molar-refractivity contribution in [2.24, 2.45) is 40.4 Å². The Kier molecular flexibility index (Phi) is 7.26. The zero-order valence-electron chi connectivity index (χ0n) is 27.0. The first-order valence-corrected chi connectivity index (χ1v) is 17.3. The van der Waals surface area contributed by atoms with Gasteiger partial charge in [-0.3, -0.25) is 4.79 Å². The van der Waals surface area contributed by atoms with E-state index in [-0.39, 0.29) is 11.7 Å². The molecule has 5 nitrogen and oxygen atoms in total. The van der Waals surface area contributed by atoms with Gasteiger partial charge in [-0.15, -0.1) is 10.2 Å². The summed E-state index contributed by atoms with van der Waals surface area (Å²) in [5, 5.41) is 13.0. The van der Waals surface area contributed by atoms with Crippen LogP contribution in [0.5, 0.6) is 0 Å². The van der Waals surface area contributed by atoms with Crippen LogP contribution in [0.15, 0.2) is 35.4 Å². The van der Waals surface area contributed by atoms with E-state index in [1.165, 1.54) is 69.1 Å². The highest BCUT2D eigenvalue weighted by Gasteiger charge is 2.64. The Labute approximate surface area is 257 Å². The average Bonchev–Trinajstić information content (AvgIpc) is 3.55. The van der Waals surface area contributed by atoms with Gasteiger partial charge in [-0.05, 0) is 134 Å². The Morgan fingerprint density at radius 2 is 1.77 bits per heavy atom. The molecule has 5 aliphatic rings. The summed E-state index contributed by atoms with van der Waals surface area (Å²) >= 11 is 0. The summed E-state index contributed by atoms with van der Waals surface area (Å²) in [4.78, 5) is 14.1. The molecule has 43 heavy (non-hydrogen) atoms. The Balaban J connectivity index is 1.34. The van der Waals surface area contributed by atoms with E-state index in [0.29, 0.717) is 41.4 Å². The maximum Gasteiger partial charge on any atom is 0.164 e. The molecule has 0 amide bonds. The van der Waals surface area contributed by atoms with E-state index in [2.05, 4.69) is 37.6 Å². The van der Waals surface area contributed by atoms with Crippen molar-refractivity contribution in [1.29, 1.82) is 0 Å². The van der Waals surface area contributed by atoms with Gasteiger partial charge in [0, 0.05) is 25.1 Å². The van der Waals surface area contributed by atoms with Gasteiger partial charge in [0.15, 0.2) is 11.6 Å². The van der Waals surface area contributed by atoms with Crippen LogP contribution < -0.4 is 5.32 Å². The fourth-order valence-electron chi connectivity index (χ4n) is 11.7. The van der Waals surface area contributed by atoms with Crippen molar-refractivity contribution in [3.8, 4) is 11.4 Å². The van der Waals surface area contributed by atoms with E-state index < -0.39 is 5.41 Å². The summed E-state index contributed by atoms with van der Waals surface area (Å²) in [5.41, 5.74) is 3.81. The first kappa shape index (κ1) is 29.4. The predicted molar refractivity (Wildman–Crippen MR) is 169 cm³/mol. The monoisotopic (exact) mass is 586 g/mol. The van der Waals surface area contributed by atoms with E-state index in [0.717, 1.165) is 54.0 Å². The summed E-state index contributed by atoms with van der Waals surface area (Å²) in [6, 6.07) is 6.59. The average molecular weight is 587 g/mol. The van der Waals surface area contributed by atoms with E-state index in [1.807, 2.05) is 7.05 Å². The maximum atomic E-state index is 14.1. The van der Waals surface area contributed by atoms with Crippen molar-refractivity contribution >= 4 is 5.78 Å². The summed E-state index contributed by atoms with van der Waals surface area (Å²) in [7, 11) is 1.97. The second kappa shape index (κ2) is 10.6. The molecule has 7 unspecified atom stereocenters. The van der Waals surface area contributed by atoms with Crippen LogP contribution >= 0.6 is 0 Å². The summed E-state index contributed by atoms with van der Waals surface area (Å²) < 4.78 is 16.1. The molecule has 0 saturated heterocycles. The Morgan fingerprint density at radius 1 is 0.977 bits per heavy atom. The number of ketones is 1. The highest BCUT2D eigenvalue weighted by molar-refractivity contribution is 6.01. The van der Waals surface area contributed by atoms with E-state index in [1.54, 1.807) is 12.1 Å². The molecule has 1 heterocycles. The molecule has 1 N–H and O–H groups in total. The van der Waals surface area contributed by atoms with Gasteiger partial charge in [0.2, 0.25) is 0 Å². The number of carbonyl (C=O) groups excluding carboxylic acids is 1. The molecule has 7 rings (SSSR count).